The molecule has 1 heterocycles. The number of benzene rings is 2. The Morgan fingerprint density at radius 2 is 1.68 bits per heavy atom. The summed E-state index contributed by atoms with van der Waals surface area (Å²) in [5.41, 5.74) is 1.36. The van der Waals surface area contributed by atoms with Gasteiger partial charge in [0.1, 0.15) is 5.84 Å². The van der Waals surface area contributed by atoms with Crippen LogP contribution >= 0.6 is 12.6 Å². The predicted octanol–water partition coefficient (Wildman–Crippen LogP) is 3.18. The predicted molar refractivity (Wildman–Crippen MR) is 90.3 cm³/mol. The number of nitrogens with zero attached hydrogens (tertiary/aromatic N) is 2. The van der Waals surface area contributed by atoms with Crippen molar-refractivity contribution in [3.05, 3.63) is 60.2 Å². The van der Waals surface area contributed by atoms with E-state index in [0.717, 1.165) is 0 Å². The van der Waals surface area contributed by atoms with Gasteiger partial charge < -0.3 is 0 Å². The van der Waals surface area contributed by atoms with Crippen LogP contribution in [-0.2, 0) is 14.3 Å². The molecule has 0 aliphatic carbocycles. The van der Waals surface area contributed by atoms with Crippen molar-refractivity contribution in [2.75, 3.05) is 4.90 Å². The average Bonchev–Trinajstić information content (AvgIpc) is 2.47. The lowest BCUT2D eigenvalue weighted by molar-refractivity contribution is 0.463. The second kappa shape index (κ2) is 5.12. The molecule has 5 nitrogen and oxygen atoms in total. The molecule has 1 N–H and O–H groups in total. The van der Waals surface area contributed by atoms with E-state index in [1.807, 2.05) is 6.07 Å². The smallest absolute Gasteiger partial charge is 0.296 e. The van der Waals surface area contributed by atoms with Gasteiger partial charge in [-0.25, -0.2) is 4.99 Å². The Kier molecular flexibility index (Phi) is 3.51. The molecule has 0 saturated carbocycles. The van der Waals surface area contributed by atoms with Crippen LogP contribution in [0.25, 0.3) is 0 Å². The first-order valence-electron chi connectivity index (χ1n) is 6.55. The fourth-order valence-corrected chi connectivity index (χ4v) is 3.97. The molecule has 0 saturated heterocycles. The van der Waals surface area contributed by atoms with Crippen molar-refractivity contribution in [2.45, 2.75) is 11.1 Å². The molecule has 0 radical (unpaired) electrons. The fraction of sp³-hybridized carbons (Fsp3) is 0.133. The van der Waals surface area contributed by atoms with E-state index in [9.17, 15) is 13.0 Å². The topological polar surface area (TPSA) is 70.0 Å². The summed E-state index contributed by atoms with van der Waals surface area (Å²) in [7, 11) is -4.56. The highest BCUT2D eigenvalue weighted by molar-refractivity contribution is 8.02. The van der Waals surface area contributed by atoms with Gasteiger partial charge in [0.15, 0.2) is 0 Å². The molecule has 7 heteroatoms. The van der Waals surface area contributed by atoms with Crippen LogP contribution in [0.5, 0.6) is 0 Å². The standard InChI is InChI=1S/C15H14N2O3S2/c1-11-16-14-10-6-5-9-13(14)15(21,22(18,19)20)17(11)12-7-3-2-4-8-12/h2-10,21H,1H3,(H,18,19,20). The van der Waals surface area contributed by atoms with E-state index in [-0.39, 0.29) is 0 Å². The summed E-state index contributed by atoms with van der Waals surface area (Å²) >= 11 is 4.38. The number of hydrogen-bond acceptors (Lipinski definition) is 5. The van der Waals surface area contributed by atoms with Gasteiger partial charge in [0, 0.05) is 11.3 Å². The molecule has 0 fully saturated rings. The molecule has 1 aliphatic heterocycles. The van der Waals surface area contributed by atoms with E-state index in [2.05, 4.69) is 17.6 Å². The van der Waals surface area contributed by atoms with Gasteiger partial charge in [0.2, 0.25) is 4.20 Å². The van der Waals surface area contributed by atoms with Crippen LogP contribution < -0.4 is 4.90 Å². The van der Waals surface area contributed by atoms with Crippen molar-refractivity contribution < 1.29 is 13.0 Å². The van der Waals surface area contributed by atoms with Crippen molar-refractivity contribution >= 4 is 40.0 Å². The first-order chi connectivity index (χ1) is 10.4. The van der Waals surface area contributed by atoms with Gasteiger partial charge in [0.25, 0.3) is 0 Å². The first kappa shape index (κ1) is 15.1. The summed E-state index contributed by atoms with van der Waals surface area (Å²) in [5.74, 6) is 0.428. The molecule has 2 aromatic carbocycles. The molecule has 0 spiro atoms. The average molecular weight is 334 g/mol. The molecule has 114 valence electrons. The number of anilines is 1. The zero-order valence-corrected chi connectivity index (χ0v) is 13.4. The molecule has 1 unspecified atom stereocenters. The number of fused-ring (bicyclic) bond motifs is 1. The van der Waals surface area contributed by atoms with Gasteiger partial charge in [-0.3, -0.25) is 9.45 Å². The highest BCUT2D eigenvalue weighted by Crippen LogP contribution is 2.47. The van der Waals surface area contributed by atoms with Crippen molar-refractivity contribution in [1.82, 2.24) is 0 Å². The zero-order chi connectivity index (χ0) is 16.0. The Labute approximate surface area is 134 Å². The lowest BCUT2D eigenvalue weighted by Gasteiger charge is -2.42. The third kappa shape index (κ3) is 2.13. The van der Waals surface area contributed by atoms with E-state index in [4.69, 9.17) is 0 Å². The van der Waals surface area contributed by atoms with Gasteiger partial charge in [0.05, 0.1) is 5.69 Å². The SMILES string of the molecule is CC1=Nc2ccccc2C(S)(S(=O)(=O)O)N1c1ccccc1. The number of amidine groups is 1. The summed E-state index contributed by atoms with van der Waals surface area (Å²) in [6.45, 7) is 1.68. The van der Waals surface area contributed by atoms with Gasteiger partial charge in [-0.05, 0) is 25.1 Å². The van der Waals surface area contributed by atoms with E-state index in [1.165, 1.54) is 4.90 Å². The minimum absolute atomic E-state index is 0.315. The zero-order valence-electron chi connectivity index (χ0n) is 11.7. The molecule has 0 aromatic heterocycles. The number of rotatable bonds is 2. The fourth-order valence-electron chi connectivity index (χ4n) is 2.60. The molecule has 1 atom stereocenters. The van der Waals surface area contributed by atoms with Crippen LogP contribution in [0.15, 0.2) is 59.6 Å². The van der Waals surface area contributed by atoms with Gasteiger partial charge >= 0.3 is 10.1 Å². The summed E-state index contributed by atoms with van der Waals surface area (Å²) in [6, 6.07) is 15.6. The van der Waals surface area contributed by atoms with Crippen LogP contribution in [-0.4, -0.2) is 18.8 Å². The molecule has 0 amide bonds. The second-order valence-corrected chi connectivity index (χ2v) is 7.42. The monoisotopic (exact) mass is 334 g/mol. The second-order valence-electron chi connectivity index (χ2n) is 4.93. The minimum Gasteiger partial charge on any atom is -0.296 e. The third-order valence-electron chi connectivity index (χ3n) is 3.54. The summed E-state index contributed by atoms with van der Waals surface area (Å²) in [4.78, 5) is 5.84. The molecular formula is C15H14N2O3S2. The highest BCUT2D eigenvalue weighted by Gasteiger charge is 2.51. The highest BCUT2D eigenvalue weighted by atomic mass is 32.3. The van der Waals surface area contributed by atoms with Crippen LogP contribution in [0, 0.1) is 0 Å². The number of aliphatic imine (C=N–C) groups is 1. The molecule has 0 bridgehead atoms. The molecular weight excluding hydrogens is 320 g/mol. The number of thiol groups is 1. The van der Waals surface area contributed by atoms with E-state index >= 15 is 0 Å². The van der Waals surface area contributed by atoms with E-state index < -0.39 is 14.3 Å². The van der Waals surface area contributed by atoms with Gasteiger partial charge in [-0.1, -0.05) is 36.4 Å². The first-order valence-corrected chi connectivity index (χ1v) is 8.44. The minimum atomic E-state index is -4.56. The Morgan fingerprint density at radius 3 is 2.32 bits per heavy atom. The molecule has 1 aliphatic rings. The van der Waals surface area contributed by atoms with Crippen LogP contribution in [0.3, 0.4) is 0 Å². The van der Waals surface area contributed by atoms with Crippen LogP contribution in [0.2, 0.25) is 0 Å². The molecule has 2 aromatic rings. The number of para-hydroxylation sites is 2. The summed E-state index contributed by atoms with van der Waals surface area (Å²) < 4.78 is 32.3. The Morgan fingerprint density at radius 1 is 1.09 bits per heavy atom. The summed E-state index contributed by atoms with van der Waals surface area (Å²) in [5, 5.41) is 0. The Balaban J connectivity index is 2.35. The van der Waals surface area contributed by atoms with Crippen LogP contribution in [0.1, 0.15) is 12.5 Å². The normalized spacial score (nSPS) is 21.2. The van der Waals surface area contributed by atoms with Crippen LogP contribution in [0.4, 0.5) is 11.4 Å². The largest absolute Gasteiger partial charge is 0.304 e. The Hall–Kier alpha value is -1.83. The summed E-state index contributed by atoms with van der Waals surface area (Å²) in [6.07, 6.45) is 0. The third-order valence-corrected chi connectivity index (χ3v) is 5.79. The maximum Gasteiger partial charge on any atom is 0.304 e. The quantitative estimate of drug-likeness (QED) is 0.654. The Bertz CT molecular complexity index is 850. The van der Waals surface area contributed by atoms with Gasteiger partial charge in [-0.2, -0.15) is 8.42 Å². The van der Waals surface area contributed by atoms with Crippen molar-refractivity contribution in [1.29, 1.82) is 0 Å². The van der Waals surface area contributed by atoms with Crippen molar-refractivity contribution in [3.63, 3.8) is 0 Å². The van der Waals surface area contributed by atoms with Gasteiger partial charge in [-0.15, -0.1) is 12.6 Å². The van der Waals surface area contributed by atoms with E-state index in [1.54, 1.807) is 55.5 Å². The maximum absolute atomic E-state index is 12.2. The molecule has 22 heavy (non-hydrogen) atoms. The van der Waals surface area contributed by atoms with Crippen molar-refractivity contribution in [2.24, 2.45) is 4.99 Å². The van der Waals surface area contributed by atoms with Crippen molar-refractivity contribution in [3.8, 4) is 0 Å². The lowest BCUT2D eigenvalue weighted by Crippen LogP contribution is -2.52. The number of hydrogen-bond donors (Lipinski definition) is 2. The molecule has 3 rings (SSSR count). The van der Waals surface area contributed by atoms with E-state index in [0.29, 0.717) is 22.8 Å². The lowest BCUT2D eigenvalue weighted by atomic mass is 10.1. The maximum atomic E-state index is 12.2.